The minimum Gasteiger partial charge on any atom is -0.354 e. The number of carbonyl (C=O) groups excluding carboxylic acids is 1. The van der Waals surface area contributed by atoms with Crippen LogP contribution in [0.1, 0.15) is 26.7 Å². The van der Waals surface area contributed by atoms with Gasteiger partial charge in [0.2, 0.25) is 5.91 Å². The first kappa shape index (κ1) is 10.5. The number of carbonyl (C=O) groups is 1. The lowest BCUT2D eigenvalue weighted by molar-refractivity contribution is -0.143. The molecule has 1 N–H and O–H groups in total. The molecule has 0 unspecified atom stereocenters. The first-order valence-electron chi connectivity index (χ1n) is 5.20. The van der Waals surface area contributed by atoms with Crippen LogP contribution in [0.25, 0.3) is 0 Å². The van der Waals surface area contributed by atoms with Crippen LogP contribution in [0.4, 0.5) is 0 Å². The molecule has 0 radical (unpaired) electrons. The number of piperidine rings is 1. The summed E-state index contributed by atoms with van der Waals surface area (Å²) in [5.74, 6) is 0.283. The lowest BCUT2D eigenvalue weighted by Gasteiger charge is -2.45. The molecule has 0 aromatic rings. The Morgan fingerprint density at radius 3 is 2.15 bits per heavy atom. The Morgan fingerprint density at radius 1 is 1.31 bits per heavy atom. The van der Waals surface area contributed by atoms with Gasteiger partial charge in [-0.1, -0.05) is 13.8 Å². The molecule has 0 aromatic heterocycles. The van der Waals surface area contributed by atoms with Crippen LogP contribution >= 0.6 is 0 Å². The SMILES string of the molecule is CC.CN1CCC2(CC1)CNC2=O. The van der Waals surface area contributed by atoms with Crippen molar-refractivity contribution in [2.75, 3.05) is 26.7 Å². The van der Waals surface area contributed by atoms with Crippen molar-refractivity contribution in [1.82, 2.24) is 10.2 Å². The van der Waals surface area contributed by atoms with Crippen LogP contribution in [0.15, 0.2) is 0 Å². The summed E-state index contributed by atoms with van der Waals surface area (Å²) in [6.07, 6.45) is 2.10. The van der Waals surface area contributed by atoms with E-state index in [1.807, 2.05) is 13.8 Å². The fraction of sp³-hybridized carbons (Fsp3) is 0.900. The maximum Gasteiger partial charge on any atom is 0.228 e. The number of rotatable bonds is 0. The van der Waals surface area contributed by atoms with Crippen molar-refractivity contribution in [3.8, 4) is 0 Å². The fourth-order valence-electron chi connectivity index (χ4n) is 1.86. The van der Waals surface area contributed by atoms with E-state index in [2.05, 4.69) is 17.3 Å². The molecule has 2 aliphatic rings. The molecule has 3 nitrogen and oxygen atoms in total. The van der Waals surface area contributed by atoms with E-state index >= 15 is 0 Å². The van der Waals surface area contributed by atoms with Gasteiger partial charge < -0.3 is 10.2 Å². The molecule has 1 amide bonds. The van der Waals surface area contributed by atoms with E-state index in [-0.39, 0.29) is 11.3 Å². The summed E-state index contributed by atoms with van der Waals surface area (Å²) in [5, 5.41) is 2.83. The van der Waals surface area contributed by atoms with Crippen molar-refractivity contribution in [3.05, 3.63) is 0 Å². The van der Waals surface area contributed by atoms with Crippen molar-refractivity contribution >= 4 is 5.91 Å². The second-order valence-electron chi connectivity index (χ2n) is 3.77. The molecule has 0 aromatic carbocycles. The molecule has 0 atom stereocenters. The average Bonchev–Trinajstić information content (AvgIpc) is 2.20. The predicted octanol–water partition coefficient (Wildman–Crippen LogP) is 0.854. The van der Waals surface area contributed by atoms with E-state index in [1.54, 1.807) is 0 Å². The Kier molecular flexibility index (Phi) is 3.31. The smallest absolute Gasteiger partial charge is 0.228 e. The molecular weight excluding hydrogens is 164 g/mol. The van der Waals surface area contributed by atoms with Crippen LogP contribution in [0.2, 0.25) is 0 Å². The highest BCUT2D eigenvalue weighted by molar-refractivity contribution is 5.88. The van der Waals surface area contributed by atoms with Gasteiger partial charge >= 0.3 is 0 Å². The Balaban J connectivity index is 0.000000396. The Morgan fingerprint density at radius 2 is 1.85 bits per heavy atom. The lowest BCUT2D eigenvalue weighted by atomic mass is 9.73. The first-order chi connectivity index (χ1) is 6.23. The molecule has 76 valence electrons. The third-order valence-electron chi connectivity index (χ3n) is 3.01. The maximum absolute atomic E-state index is 11.2. The van der Waals surface area contributed by atoms with E-state index in [4.69, 9.17) is 0 Å². The zero-order valence-corrected chi connectivity index (χ0v) is 8.89. The van der Waals surface area contributed by atoms with Gasteiger partial charge in [0, 0.05) is 6.54 Å². The molecule has 2 rings (SSSR count). The number of nitrogens with one attached hydrogen (secondary N) is 1. The van der Waals surface area contributed by atoms with E-state index in [9.17, 15) is 4.79 Å². The fourth-order valence-corrected chi connectivity index (χ4v) is 1.86. The molecule has 2 heterocycles. The minimum absolute atomic E-state index is 0.0481. The summed E-state index contributed by atoms with van der Waals surface area (Å²) in [7, 11) is 2.11. The van der Waals surface area contributed by atoms with Crippen molar-refractivity contribution in [1.29, 1.82) is 0 Å². The van der Waals surface area contributed by atoms with Crippen molar-refractivity contribution in [3.63, 3.8) is 0 Å². The summed E-state index contributed by atoms with van der Waals surface area (Å²) >= 11 is 0. The predicted molar refractivity (Wildman–Crippen MR) is 53.5 cm³/mol. The van der Waals surface area contributed by atoms with Crippen molar-refractivity contribution in [2.24, 2.45) is 5.41 Å². The van der Waals surface area contributed by atoms with Crippen molar-refractivity contribution in [2.45, 2.75) is 26.7 Å². The highest BCUT2D eigenvalue weighted by atomic mass is 16.2. The highest BCUT2D eigenvalue weighted by Crippen LogP contribution is 2.35. The molecule has 3 heteroatoms. The topological polar surface area (TPSA) is 32.3 Å². The third-order valence-corrected chi connectivity index (χ3v) is 3.01. The summed E-state index contributed by atoms with van der Waals surface area (Å²) < 4.78 is 0. The maximum atomic E-state index is 11.2. The van der Waals surface area contributed by atoms with Crippen LogP contribution in [0, 0.1) is 5.41 Å². The molecule has 0 bridgehead atoms. The van der Waals surface area contributed by atoms with Crippen LogP contribution in [0.5, 0.6) is 0 Å². The van der Waals surface area contributed by atoms with Gasteiger partial charge in [0.05, 0.1) is 5.41 Å². The molecule has 2 fully saturated rings. The zero-order valence-electron chi connectivity index (χ0n) is 8.89. The van der Waals surface area contributed by atoms with Gasteiger partial charge in [-0.25, -0.2) is 0 Å². The Labute approximate surface area is 80.5 Å². The summed E-state index contributed by atoms with van der Waals surface area (Å²) in [6, 6.07) is 0. The number of β-lactam (4-membered cyclic amide) rings is 1. The molecule has 0 aliphatic carbocycles. The van der Waals surface area contributed by atoms with E-state index < -0.39 is 0 Å². The van der Waals surface area contributed by atoms with Gasteiger partial charge in [0.25, 0.3) is 0 Å². The average molecular weight is 184 g/mol. The second-order valence-corrected chi connectivity index (χ2v) is 3.77. The molecule has 2 aliphatic heterocycles. The largest absolute Gasteiger partial charge is 0.354 e. The summed E-state index contributed by atoms with van der Waals surface area (Å²) in [4.78, 5) is 13.5. The van der Waals surface area contributed by atoms with Gasteiger partial charge in [0.15, 0.2) is 0 Å². The Bertz CT molecular complexity index is 183. The Hall–Kier alpha value is -0.570. The number of hydrogen-bond acceptors (Lipinski definition) is 2. The third kappa shape index (κ3) is 1.85. The van der Waals surface area contributed by atoms with E-state index in [0.717, 1.165) is 32.5 Å². The van der Waals surface area contributed by atoms with Gasteiger partial charge in [-0.3, -0.25) is 4.79 Å². The molecular formula is C10H20N2O. The monoisotopic (exact) mass is 184 g/mol. The number of hydrogen-bond donors (Lipinski definition) is 1. The summed E-state index contributed by atoms with van der Waals surface area (Å²) in [6.45, 7) is 7.07. The quantitative estimate of drug-likeness (QED) is 0.566. The highest BCUT2D eigenvalue weighted by Gasteiger charge is 2.47. The van der Waals surface area contributed by atoms with Crippen LogP contribution in [-0.2, 0) is 4.79 Å². The molecule has 0 saturated carbocycles. The van der Waals surface area contributed by atoms with Crippen LogP contribution in [-0.4, -0.2) is 37.5 Å². The number of amides is 1. The van der Waals surface area contributed by atoms with Gasteiger partial charge in [-0.15, -0.1) is 0 Å². The van der Waals surface area contributed by atoms with Crippen molar-refractivity contribution < 1.29 is 4.79 Å². The van der Waals surface area contributed by atoms with Crippen LogP contribution < -0.4 is 5.32 Å². The summed E-state index contributed by atoms with van der Waals surface area (Å²) in [5.41, 5.74) is 0.0481. The number of likely N-dealkylation sites (tertiary alicyclic amines) is 1. The zero-order chi connectivity index (χ0) is 9.90. The minimum atomic E-state index is 0.0481. The van der Waals surface area contributed by atoms with Crippen LogP contribution in [0.3, 0.4) is 0 Å². The molecule has 2 saturated heterocycles. The first-order valence-corrected chi connectivity index (χ1v) is 5.20. The van der Waals surface area contributed by atoms with Gasteiger partial charge in [-0.05, 0) is 33.0 Å². The molecule has 13 heavy (non-hydrogen) atoms. The van der Waals surface area contributed by atoms with Gasteiger partial charge in [0.1, 0.15) is 0 Å². The number of nitrogens with zero attached hydrogens (tertiary/aromatic N) is 1. The standard InChI is InChI=1S/C8H14N2O.C2H6/c1-10-4-2-8(3-5-10)6-9-7(8)11;1-2/h2-6H2,1H3,(H,9,11);1-2H3. The molecule has 1 spiro atoms. The van der Waals surface area contributed by atoms with E-state index in [0.29, 0.717) is 0 Å². The van der Waals surface area contributed by atoms with E-state index in [1.165, 1.54) is 0 Å². The normalized spacial score (nSPS) is 25.6. The lowest BCUT2D eigenvalue weighted by Crippen LogP contribution is -2.62. The van der Waals surface area contributed by atoms with Gasteiger partial charge in [-0.2, -0.15) is 0 Å². The second kappa shape index (κ2) is 4.09.